The summed E-state index contributed by atoms with van der Waals surface area (Å²) >= 11 is 0. The quantitative estimate of drug-likeness (QED) is 0.607. The van der Waals surface area contributed by atoms with E-state index < -0.39 is 16.4 Å². The zero-order valence-electron chi connectivity index (χ0n) is 11.5. The number of piperidine rings is 1. The van der Waals surface area contributed by atoms with E-state index in [1.807, 2.05) is 11.8 Å². The van der Waals surface area contributed by atoms with Crippen molar-refractivity contribution in [3.05, 3.63) is 34.1 Å². The van der Waals surface area contributed by atoms with E-state index in [0.717, 1.165) is 19.0 Å². The molecule has 1 aliphatic heterocycles. The molecule has 0 N–H and O–H groups in total. The molecule has 1 heterocycles. The number of rotatable bonds is 2. The minimum atomic E-state index is -0.763. The zero-order chi connectivity index (χ0) is 14.2. The lowest BCUT2D eigenvalue weighted by Gasteiger charge is -2.42. The van der Waals surface area contributed by atoms with E-state index >= 15 is 0 Å². The average molecular weight is 266 g/mol. The molecule has 104 valence electrons. The van der Waals surface area contributed by atoms with Crippen LogP contribution < -0.4 is 4.90 Å². The molecular formula is C14H19FN2O2. The summed E-state index contributed by atoms with van der Waals surface area (Å²) in [5, 5.41) is 11.1. The Bertz CT molecular complexity index is 492. The number of halogens is 1. The molecule has 0 radical (unpaired) electrons. The van der Waals surface area contributed by atoms with Crippen molar-refractivity contribution < 1.29 is 9.31 Å². The number of nitrogens with zero attached hydrogens (tertiary/aromatic N) is 2. The van der Waals surface area contributed by atoms with E-state index in [0.29, 0.717) is 17.5 Å². The molecule has 5 heteroatoms. The van der Waals surface area contributed by atoms with Crippen LogP contribution in [0, 0.1) is 27.8 Å². The van der Waals surface area contributed by atoms with Gasteiger partial charge in [0.15, 0.2) is 0 Å². The molecule has 1 aromatic rings. The van der Waals surface area contributed by atoms with Crippen LogP contribution in [-0.4, -0.2) is 17.5 Å². The van der Waals surface area contributed by atoms with Gasteiger partial charge in [-0.3, -0.25) is 10.1 Å². The molecular weight excluding hydrogens is 247 g/mol. The maximum absolute atomic E-state index is 13.7. The van der Waals surface area contributed by atoms with Gasteiger partial charge in [-0.2, -0.15) is 4.39 Å². The van der Waals surface area contributed by atoms with E-state index in [9.17, 15) is 14.5 Å². The van der Waals surface area contributed by atoms with Gasteiger partial charge in [-0.1, -0.05) is 19.9 Å². The van der Waals surface area contributed by atoms with Crippen LogP contribution in [0.5, 0.6) is 0 Å². The monoisotopic (exact) mass is 266 g/mol. The molecule has 2 rings (SSSR count). The van der Waals surface area contributed by atoms with Crippen molar-refractivity contribution in [3.8, 4) is 0 Å². The molecule has 3 atom stereocenters. The van der Waals surface area contributed by atoms with Crippen molar-refractivity contribution in [1.29, 1.82) is 0 Å². The molecule has 4 nitrogen and oxygen atoms in total. The highest BCUT2D eigenvalue weighted by Gasteiger charge is 2.33. The number of benzene rings is 1. The molecule has 0 aromatic heterocycles. The van der Waals surface area contributed by atoms with Crippen molar-refractivity contribution in [1.82, 2.24) is 0 Å². The summed E-state index contributed by atoms with van der Waals surface area (Å²) in [6, 6.07) is 4.50. The number of para-hydroxylation sites is 1. The Kier molecular flexibility index (Phi) is 3.73. The van der Waals surface area contributed by atoms with Crippen LogP contribution >= 0.6 is 0 Å². The summed E-state index contributed by atoms with van der Waals surface area (Å²) in [5.41, 5.74) is -0.00782. The Hall–Kier alpha value is -1.65. The summed E-state index contributed by atoms with van der Waals surface area (Å²) in [7, 11) is 0. The van der Waals surface area contributed by atoms with Crippen LogP contribution in [0.1, 0.15) is 27.2 Å². The summed E-state index contributed by atoms with van der Waals surface area (Å²) < 4.78 is 13.7. The molecule has 3 unspecified atom stereocenters. The highest BCUT2D eigenvalue weighted by molar-refractivity contribution is 5.64. The van der Waals surface area contributed by atoms with Gasteiger partial charge in [0.2, 0.25) is 5.82 Å². The van der Waals surface area contributed by atoms with Crippen LogP contribution in [0.25, 0.3) is 0 Å². The number of hydrogen-bond acceptors (Lipinski definition) is 3. The van der Waals surface area contributed by atoms with Crippen LogP contribution in [0.3, 0.4) is 0 Å². The van der Waals surface area contributed by atoms with Crippen molar-refractivity contribution >= 4 is 11.4 Å². The second kappa shape index (κ2) is 5.15. The fourth-order valence-corrected chi connectivity index (χ4v) is 2.95. The number of hydrogen-bond donors (Lipinski definition) is 0. The van der Waals surface area contributed by atoms with Gasteiger partial charge in [0.25, 0.3) is 0 Å². The molecule has 1 aromatic carbocycles. The van der Waals surface area contributed by atoms with Crippen LogP contribution in [-0.2, 0) is 0 Å². The van der Waals surface area contributed by atoms with Crippen molar-refractivity contribution in [2.24, 2.45) is 11.8 Å². The van der Waals surface area contributed by atoms with E-state index in [1.54, 1.807) is 6.07 Å². The van der Waals surface area contributed by atoms with Gasteiger partial charge in [0, 0.05) is 12.6 Å². The molecule has 0 bridgehead atoms. The van der Waals surface area contributed by atoms with Gasteiger partial charge < -0.3 is 4.90 Å². The Morgan fingerprint density at radius 2 is 2.05 bits per heavy atom. The van der Waals surface area contributed by atoms with E-state index in [4.69, 9.17) is 0 Å². The fraction of sp³-hybridized carbons (Fsp3) is 0.571. The third kappa shape index (κ3) is 2.55. The second-order valence-corrected chi connectivity index (χ2v) is 5.58. The second-order valence-electron chi connectivity index (χ2n) is 5.58. The Labute approximate surface area is 112 Å². The third-order valence-electron chi connectivity index (χ3n) is 4.06. The highest BCUT2D eigenvalue weighted by atomic mass is 19.1. The summed E-state index contributed by atoms with van der Waals surface area (Å²) in [4.78, 5) is 12.4. The predicted molar refractivity (Wildman–Crippen MR) is 72.8 cm³/mol. The predicted octanol–water partition coefficient (Wildman–Crippen LogP) is 3.60. The van der Waals surface area contributed by atoms with Crippen LogP contribution in [0.4, 0.5) is 15.8 Å². The maximum atomic E-state index is 13.7. The minimum absolute atomic E-state index is 0.177. The standard InChI is InChI=1S/C14H19FN2O2/c1-9-7-10(2)11(3)16(8-9)13-6-4-5-12(15)14(13)17(18)19/h4-6,9-11H,7-8H2,1-3H3. The lowest BCUT2D eigenvalue weighted by molar-refractivity contribution is -0.386. The maximum Gasteiger partial charge on any atom is 0.327 e. The number of nitro groups is 1. The Morgan fingerprint density at radius 1 is 1.37 bits per heavy atom. The molecule has 0 amide bonds. The van der Waals surface area contributed by atoms with E-state index in [-0.39, 0.29) is 6.04 Å². The van der Waals surface area contributed by atoms with Gasteiger partial charge in [-0.25, -0.2) is 0 Å². The topological polar surface area (TPSA) is 46.4 Å². The van der Waals surface area contributed by atoms with Crippen molar-refractivity contribution in [3.63, 3.8) is 0 Å². The fourth-order valence-electron chi connectivity index (χ4n) is 2.95. The smallest absolute Gasteiger partial charge is 0.327 e. The molecule has 0 saturated carbocycles. The normalized spacial score (nSPS) is 27.4. The molecule has 0 aliphatic carbocycles. The van der Waals surface area contributed by atoms with Crippen LogP contribution in [0.2, 0.25) is 0 Å². The molecule has 0 spiro atoms. The SMILES string of the molecule is CC1CC(C)C(C)N(c2cccc(F)c2[N+](=O)[O-])C1. The van der Waals surface area contributed by atoms with E-state index in [1.165, 1.54) is 6.07 Å². The van der Waals surface area contributed by atoms with Gasteiger partial charge >= 0.3 is 5.69 Å². The summed E-state index contributed by atoms with van der Waals surface area (Å²) in [5.74, 6) is 0.126. The zero-order valence-corrected chi connectivity index (χ0v) is 11.5. The van der Waals surface area contributed by atoms with Gasteiger partial charge in [-0.15, -0.1) is 0 Å². The highest BCUT2D eigenvalue weighted by Crippen LogP contribution is 2.37. The molecule has 1 aliphatic rings. The molecule has 19 heavy (non-hydrogen) atoms. The summed E-state index contributed by atoms with van der Waals surface area (Å²) in [6.07, 6.45) is 1.10. The van der Waals surface area contributed by atoms with E-state index in [2.05, 4.69) is 13.8 Å². The first kappa shape index (κ1) is 13.8. The number of nitro benzene ring substituents is 1. The third-order valence-corrected chi connectivity index (χ3v) is 4.06. The van der Waals surface area contributed by atoms with Gasteiger partial charge in [0.1, 0.15) is 5.69 Å². The first-order valence-corrected chi connectivity index (χ1v) is 6.61. The lowest BCUT2D eigenvalue weighted by Crippen LogP contribution is -2.46. The van der Waals surface area contributed by atoms with Crippen molar-refractivity contribution in [2.45, 2.75) is 33.2 Å². The van der Waals surface area contributed by atoms with Crippen LogP contribution in [0.15, 0.2) is 18.2 Å². The molecule has 1 fully saturated rings. The first-order chi connectivity index (χ1) is 8.91. The Morgan fingerprint density at radius 3 is 2.68 bits per heavy atom. The Balaban J connectivity index is 2.46. The van der Waals surface area contributed by atoms with Gasteiger partial charge in [0.05, 0.1) is 4.92 Å². The lowest BCUT2D eigenvalue weighted by atomic mass is 9.85. The molecule has 1 saturated heterocycles. The first-order valence-electron chi connectivity index (χ1n) is 6.61. The average Bonchev–Trinajstić information content (AvgIpc) is 2.33. The summed E-state index contributed by atoms with van der Waals surface area (Å²) in [6.45, 7) is 7.04. The van der Waals surface area contributed by atoms with Crippen molar-refractivity contribution in [2.75, 3.05) is 11.4 Å². The number of anilines is 1. The van der Waals surface area contributed by atoms with Gasteiger partial charge in [-0.05, 0) is 37.3 Å². The minimum Gasteiger partial charge on any atom is -0.363 e. The largest absolute Gasteiger partial charge is 0.363 e.